The highest BCUT2D eigenvalue weighted by molar-refractivity contribution is 5.84. The van der Waals surface area contributed by atoms with E-state index in [4.69, 9.17) is 29.9 Å². The van der Waals surface area contributed by atoms with E-state index in [1.807, 2.05) is 78.9 Å². The monoisotopic (exact) mass is 1160 g/mol. The first kappa shape index (κ1) is 57.7. The second-order valence-electron chi connectivity index (χ2n) is 23.3. The zero-order valence-corrected chi connectivity index (χ0v) is 51.4. The highest BCUT2D eigenvalue weighted by Gasteiger charge is 2.19. The summed E-state index contributed by atoms with van der Waals surface area (Å²) >= 11 is 0. The van der Waals surface area contributed by atoms with E-state index in [0.29, 0.717) is 34.9 Å². The van der Waals surface area contributed by atoms with E-state index >= 15 is 0 Å². The average Bonchev–Trinajstić information content (AvgIpc) is 2.22. The number of hydrogen-bond donors (Lipinski definition) is 0. The number of hydrogen-bond acceptors (Lipinski definition) is 6. The van der Waals surface area contributed by atoms with Crippen molar-refractivity contribution in [3.05, 3.63) is 325 Å². The molecule has 6 heteroatoms. The van der Waals surface area contributed by atoms with E-state index in [1.165, 1.54) is 33.4 Å². The average molecular weight is 1160 g/mol. The zero-order chi connectivity index (χ0) is 61.5. The molecule has 0 fully saturated rings. The first-order chi connectivity index (χ1) is 44.0. The van der Waals surface area contributed by atoms with Crippen LogP contribution in [0.15, 0.2) is 291 Å². The molecule has 90 heavy (non-hydrogen) atoms. The van der Waals surface area contributed by atoms with Crippen LogP contribution in [0, 0.1) is 41.5 Å². The van der Waals surface area contributed by atoms with Crippen LogP contribution in [-0.2, 0) is 0 Å². The molecule has 0 aliphatic heterocycles. The van der Waals surface area contributed by atoms with Crippen LogP contribution in [0.4, 0.5) is 0 Å². The minimum absolute atomic E-state index is 0.630. The SMILES string of the molecule is Cc1ccc(-c2cc(-c3ccc(C)cc3)cc(-c3nc(-c4ccccc4)nc(-c4ccccc4)n3)c2)cc1.Cc1cccc(-c2cc(-c3cccc(C)c3)cc(-c3nc(-c4ccccc4)nc(-c4cc(-c5cccc(C)c5)cc(-c5cccc(C)c5)c4)n3)c2)c1. The fourth-order valence-corrected chi connectivity index (χ4v) is 11.3. The summed E-state index contributed by atoms with van der Waals surface area (Å²) < 4.78 is 0. The standard InChI is InChI=1S/C49H39N3.C35H27N3/c1-32-12-8-18-37(22-32)41-26-42(38-19-9-13-33(2)23-38)29-45(28-41)48-50-47(36-16-6-5-7-17-36)51-49(52-48)46-30-43(39-20-10-14-34(3)24-39)27-44(31-46)40-21-11-15-35(4)25-40;1-24-13-17-26(18-14-24)30-21-31(27-19-15-25(2)16-20-27)23-32(22-30)35-37-33(28-9-5-3-6-10-28)36-34(38-35)29-11-7-4-8-12-29/h5-31H,1-4H3;3-23H,1-2H3. The summed E-state index contributed by atoms with van der Waals surface area (Å²) in [4.78, 5) is 30.4. The van der Waals surface area contributed by atoms with Gasteiger partial charge < -0.3 is 0 Å². The topological polar surface area (TPSA) is 77.3 Å². The van der Waals surface area contributed by atoms with Gasteiger partial charge in [0.15, 0.2) is 34.9 Å². The Morgan fingerprint density at radius 3 is 0.567 bits per heavy atom. The summed E-state index contributed by atoms with van der Waals surface area (Å²) in [7, 11) is 0. The summed E-state index contributed by atoms with van der Waals surface area (Å²) in [5.74, 6) is 3.87. The maximum atomic E-state index is 5.29. The quantitative estimate of drug-likeness (QED) is 0.121. The van der Waals surface area contributed by atoms with Crippen LogP contribution in [0.25, 0.3) is 135 Å². The lowest BCUT2D eigenvalue weighted by Gasteiger charge is -2.14. The number of nitrogens with zero attached hydrogens (tertiary/aromatic N) is 6. The Labute approximate surface area is 528 Å². The first-order valence-electron chi connectivity index (χ1n) is 30.5. The molecule has 0 radical (unpaired) electrons. The summed E-state index contributed by atoms with van der Waals surface area (Å²) in [6.07, 6.45) is 0. The van der Waals surface area contributed by atoms with Crippen LogP contribution in [-0.4, -0.2) is 29.9 Å². The van der Waals surface area contributed by atoms with Crippen molar-refractivity contribution < 1.29 is 0 Å². The smallest absolute Gasteiger partial charge is 0.164 e. The summed E-state index contributed by atoms with van der Waals surface area (Å²) in [5.41, 5.74) is 26.7. The second-order valence-corrected chi connectivity index (χ2v) is 23.3. The van der Waals surface area contributed by atoms with Gasteiger partial charge in [0.05, 0.1) is 0 Å². The molecule has 0 spiro atoms. The van der Waals surface area contributed by atoms with E-state index < -0.39 is 0 Å². The van der Waals surface area contributed by atoms with Gasteiger partial charge in [0.2, 0.25) is 0 Å². The van der Waals surface area contributed by atoms with E-state index in [0.717, 1.165) is 100 Å². The van der Waals surface area contributed by atoms with Gasteiger partial charge in [-0.05, 0) is 163 Å². The van der Waals surface area contributed by atoms with Crippen molar-refractivity contribution in [1.82, 2.24) is 29.9 Å². The molecule has 14 rings (SSSR count). The van der Waals surface area contributed by atoms with Gasteiger partial charge in [0, 0.05) is 33.4 Å². The van der Waals surface area contributed by atoms with Gasteiger partial charge in [0.25, 0.3) is 0 Å². The Balaban J connectivity index is 0.000000173. The molecule has 0 bridgehead atoms. The lowest BCUT2D eigenvalue weighted by Crippen LogP contribution is -2.01. The molecule has 2 aromatic heterocycles. The lowest BCUT2D eigenvalue weighted by atomic mass is 9.94. The fourth-order valence-electron chi connectivity index (χ4n) is 11.3. The molecular formula is C84H66N6. The van der Waals surface area contributed by atoms with Crippen LogP contribution in [0.3, 0.4) is 0 Å². The minimum Gasteiger partial charge on any atom is -0.208 e. The van der Waals surface area contributed by atoms with Crippen LogP contribution in [0.2, 0.25) is 0 Å². The highest BCUT2D eigenvalue weighted by Crippen LogP contribution is 2.38. The Bertz CT molecular complexity index is 4460. The van der Waals surface area contributed by atoms with E-state index in [9.17, 15) is 0 Å². The zero-order valence-electron chi connectivity index (χ0n) is 51.4. The molecule has 0 saturated heterocycles. The van der Waals surface area contributed by atoms with E-state index in [1.54, 1.807) is 0 Å². The Kier molecular flexibility index (Phi) is 16.6. The maximum absolute atomic E-state index is 5.29. The predicted octanol–water partition coefficient (Wildman–Crippen LogP) is 21.6. The minimum atomic E-state index is 0.630. The Morgan fingerprint density at radius 1 is 0.133 bits per heavy atom. The van der Waals surface area contributed by atoms with Gasteiger partial charge in [-0.15, -0.1) is 0 Å². The fraction of sp³-hybridized carbons (Fsp3) is 0.0714. The second kappa shape index (κ2) is 25.9. The van der Waals surface area contributed by atoms with Crippen LogP contribution in [0.5, 0.6) is 0 Å². The lowest BCUT2D eigenvalue weighted by molar-refractivity contribution is 1.07. The summed E-state index contributed by atoms with van der Waals surface area (Å²) in [6, 6.07) is 102. The molecule has 14 aromatic rings. The molecular weight excluding hydrogens is 1090 g/mol. The maximum Gasteiger partial charge on any atom is 0.164 e. The molecule has 0 atom stereocenters. The molecule has 0 aliphatic carbocycles. The third-order valence-corrected chi connectivity index (χ3v) is 16.1. The first-order valence-corrected chi connectivity index (χ1v) is 30.5. The number of aromatic nitrogens is 6. The molecule has 0 N–H and O–H groups in total. The van der Waals surface area contributed by atoms with Gasteiger partial charge in [-0.3, -0.25) is 0 Å². The molecule has 0 aliphatic rings. The van der Waals surface area contributed by atoms with Gasteiger partial charge >= 0.3 is 0 Å². The largest absolute Gasteiger partial charge is 0.208 e. The number of rotatable bonds is 12. The van der Waals surface area contributed by atoms with E-state index in [-0.39, 0.29) is 0 Å². The van der Waals surface area contributed by atoms with Gasteiger partial charge in [-0.25, -0.2) is 29.9 Å². The van der Waals surface area contributed by atoms with Gasteiger partial charge in [-0.2, -0.15) is 0 Å². The summed E-state index contributed by atoms with van der Waals surface area (Å²) in [5, 5.41) is 0. The van der Waals surface area contributed by atoms with Crippen LogP contribution >= 0.6 is 0 Å². The van der Waals surface area contributed by atoms with Crippen molar-refractivity contribution in [2.75, 3.05) is 0 Å². The van der Waals surface area contributed by atoms with Crippen molar-refractivity contribution in [1.29, 1.82) is 0 Å². The molecule has 432 valence electrons. The van der Waals surface area contributed by atoms with Crippen LogP contribution < -0.4 is 0 Å². The highest BCUT2D eigenvalue weighted by atomic mass is 15.0. The number of aryl methyl sites for hydroxylation is 6. The van der Waals surface area contributed by atoms with Crippen molar-refractivity contribution in [2.24, 2.45) is 0 Å². The predicted molar refractivity (Wildman–Crippen MR) is 373 cm³/mol. The molecule has 0 amide bonds. The molecule has 0 unspecified atom stereocenters. The normalized spacial score (nSPS) is 11.0. The van der Waals surface area contributed by atoms with Gasteiger partial charge in [-0.1, -0.05) is 270 Å². The molecule has 0 saturated carbocycles. The molecule has 12 aromatic carbocycles. The Morgan fingerprint density at radius 2 is 0.333 bits per heavy atom. The van der Waals surface area contributed by atoms with Crippen molar-refractivity contribution in [3.63, 3.8) is 0 Å². The summed E-state index contributed by atoms with van der Waals surface area (Å²) in [6.45, 7) is 12.8. The van der Waals surface area contributed by atoms with Crippen molar-refractivity contribution in [2.45, 2.75) is 41.5 Å². The van der Waals surface area contributed by atoms with Crippen molar-refractivity contribution in [3.8, 4) is 135 Å². The van der Waals surface area contributed by atoms with E-state index in [2.05, 4.69) is 254 Å². The van der Waals surface area contributed by atoms with Gasteiger partial charge in [0.1, 0.15) is 0 Å². The third-order valence-electron chi connectivity index (χ3n) is 16.1. The van der Waals surface area contributed by atoms with Crippen molar-refractivity contribution >= 4 is 0 Å². The number of benzene rings is 12. The third kappa shape index (κ3) is 13.4. The Hall–Kier alpha value is -11.3. The molecule has 2 heterocycles. The molecule has 6 nitrogen and oxygen atoms in total. The van der Waals surface area contributed by atoms with Crippen LogP contribution in [0.1, 0.15) is 33.4 Å².